The van der Waals surface area contributed by atoms with E-state index in [4.69, 9.17) is 0 Å². The van der Waals surface area contributed by atoms with Crippen LogP contribution in [0, 0.1) is 0 Å². The largest absolute Gasteiger partial charge is 0.469 e. The van der Waals surface area contributed by atoms with Gasteiger partial charge in [-0.1, -0.05) is 28.1 Å². The lowest BCUT2D eigenvalue weighted by Gasteiger charge is -2.18. The summed E-state index contributed by atoms with van der Waals surface area (Å²) in [6, 6.07) is 8.80. The first-order valence-corrected chi connectivity index (χ1v) is 8.76. The summed E-state index contributed by atoms with van der Waals surface area (Å²) >= 11 is 3.31. The third-order valence-corrected chi connectivity index (χ3v) is 4.09. The van der Waals surface area contributed by atoms with Crippen LogP contribution in [0.4, 0.5) is 13.2 Å². The van der Waals surface area contributed by atoms with Gasteiger partial charge in [-0.25, -0.2) is 4.98 Å². The molecule has 1 aromatic heterocycles. The second-order valence-corrected chi connectivity index (χ2v) is 6.56. The Kier molecular flexibility index (Phi) is 7.38. The van der Waals surface area contributed by atoms with Crippen molar-refractivity contribution in [2.45, 2.75) is 18.6 Å². The molecule has 150 valence electrons. The van der Waals surface area contributed by atoms with Gasteiger partial charge in [0.25, 0.3) is 5.91 Å². The van der Waals surface area contributed by atoms with Crippen LogP contribution in [-0.4, -0.2) is 36.8 Å². The summed E-state index contributed by atoms with van der Waals surface area (Å²) in [5.74, 6) is -1.32. The molecule has 0 aliphatic heterocycles. The summed E-state index contributed by atoms with van der Waals surface area (Å²) in [5.41, 5.74) is 0.784. The number of alkyl halides is 3. The fourth-order valence-corrected chi connectivity index (χ4v) is 2.46. The van der Waals surface area contributed by atoms with Crippen molar-refractivity contribution < 1.29 is 32.2 Å². The number of hydrogen-bond acceptors (Lipinski definition) is 5. The van der Waals surface area contributed by atoms with Crippen LogP contribution in [0.15, 0.2) is 47.1 Å². The number of carbonyl (C=O) groups is 2. The average molecular weight is 461 g/mol. The van der Waals surface area contributed by atoms with Crippen molar-refractivity contribution in [1.29, 1.82) is 0 Å². The summed E-state index contributed by atoms with van der Waals surface area (Å²) < 4.78 is 46.5. The van der Waals surface area contributed by atoms with E-state index in [1.165, 1.54) is 13.2 Å². The molecule has 0 saturated carbocycles. The zero-order chi connectivity index (χ0) is 20.7. The molecule has 0 saturated heterocycles. The fraction of sp³-hybridized carbons (Fsp3) is 0.278. The lowest BCUT2D eigenvalue weighted by atomic mass is 10.0. The molecule has 0 spiro atoms. The lowest BCUT2D eigenvalue weighted by molar-refractivity contribution is -0.154. The lowest BCUT2D eigenvalue weighted by Crippen LogP contribution is -2.30. The van der Waals surface area contributed by atoms with E-state index in [2.05, 4.69) is 35.7 Å². The Morgan fingerprint density at radius 3 is 2.39 bits per heavy atom. The van der Waals surface area contributed by atoms with E-state index in [1.54, 1.807) is 24.3 Å². The van der Waals surface area contributed by atoms with Gasteiger partial charge in [-0.2, -0.15) is 13.2 Å². The maximum absolute atomic E-state index is 12.5. The minimum Gasteiger partial charge on any atom is -0.469 e. The highest BCUT2D eigenvalue weighted by molar-refractivity contribution is 9.10. The zero-order valence-corrected chi connectivity index (χ0v) is 16.2. The number of pyridine rings is 1. The highest BCUT2D eigenvalue weighted by Crippen LogP contribution is 2.21. The number of esters is 1. The molecule has 0 aliphatic carbocycles. The number of nitrogens with zero attached hydrogens (tertiary/aromatic N) is 1. The second-order valence-electron chi connectivity index (χ2n) is 5.65. The molecule has 28 heavy (non-hydrogen) atoms. The van der Waals surface area contributed by atoms with Crippen LogP contribution in [0.5, 0.6) is 5.88 Å². The van der Waals surface area contributed by atoms with Crippen LogP contribution < -0.4 is 10.1 Å². The number of amides is 1. The zero-order valence-electron chi connectivity index (χ0n) is 14.6. The molecule has 1 heterocycles. The smallest absolute Gasteiger partial charge is 0.422 e. The fourth-order valence-electron chi connectivity index (χ4n) is 2.19. The normalized spacial score (nSPS) is 12.2. The molecule has 1 aromatic carbocycles. The number of aromatic nitrogens is 1. The van der Waals surface area contributed by atoms with E-state index >= 15 is 0 Å². The summed E-state index contributed by atoms with van der Waals surface area (Å²) in [6.45, 7) is -1.48. The molecule has 0 aliphatic rings. The molecule has 1 unspecified atom stereocenters. The summed E-state index contributed by atoms with van der Waals surface area (Å²) in [5, 5.41) is 2.69. The van der Waals surface area contributed by atoms with E-state index in [-0.39, 0.29) is 17.9 Å². The topological polar surface area (TPSA) is 77.5 Å². The van der Waals surface area contributed by atoms with Crippen LogP contribution >= 0.6 is 15.9 Å². The van der Waals surface area contributed by atoms with E-state index in [0.717, 1.165) is 16.7 Å². The van der Waals surface area contributed by atoms with Gasteiger partial charge in [0.1, 0.15) is 0 Å². The Hall–Kier alpha value is -2.62. The van der Waals surface area contributed by atoms with Gasteiger partial charge < -0.3 is 14.8 Å². The second kappa shape index (κ2) is 9.54. The molecule has 1 atom stereocenters. The van der Waals surface area contributed by atoms with Gasteiger partial charge in [0.05, 0.1) is 25.1 Å². The van der Waals surface area contributed by atoms with Crippen molar-refractivity contribution in [2.75, 3.05) is 13.7 Å². The summed E-state index contributed by atoms with van der Waals surface area (Å²) in [6.07, 6.45) is -3.48. The predicted octanol–water partition coefficient (Wildman–Crippen LogP) is 3.82. The van der Waals surface area contributed by atoms with Crippen molar-refractivity contribution in [3.05, 3.63) is 58.2 Å². The SMILES string of the molecule is COC(=O)CC(NC(=O)c1ccc(OCC(F)(F)F)nc1)c1ccc(Br)cc1. The van der Waals surface area contributed by atoms with Crippen LogP contribution in [0.3, 0.4) is 0 Å². The van der Waals surface area contributed by atoms with Gasteiger partial charge in [0, 0.05) is 16.7 Å². The summed E-state index contributed by atoms with van der Waals surface area (Å²) in [7, 11) is 1.24. The quantitative estimate of drug-likeness (QED) is 0.635. The minimum absolute atomic E-state index is 0.0932. The molecular weight excluding hydrogens is 445 g/mol. The van der Waals surface area contributed by atoms with Gasteiger partial charge in [0.15, 0.2) is 6.61 Å². The highest BCUT2D eigenvalue weighted by atomic mass is 79.9. The summed E-state index contributed by atoms with van der Waals surface area (Å²) in [4.78, 5) is 27.8. The third kappa shape index (κ3) is 6.84. The van der Waals surface area contributed by atoms with E-state index in [9.17, 15) is 22.8 Å². The third-order valence-electron chi connectivity index (χ3n) is 3.56. The monoisotopic (exact) mass is 460 g/mol. The molecule has 0 bridgehead atoms. The van der Waals surface area contributed by atoms with Gasteiger partial charge >= 0.3 is 12.1 Å². The van der Waals surface area contributed by atoms with Crippen LogP contribution in [-0.2, 0) is 9.53 Å². The maximum Gasteiger partial charge on any atom is 0.422 e. The predicted molar refractivity (Wildman–Crippen MR) is 96.8 cm³/mol. The molecule has 2 rings (SSSR count). The molecule has 0 fully saturated rings. The number of nitrogens with one attached hydrogen (secondary N) is 1. The Balaban J connectivity index is 2.09. The number of halogens is 4. The molecule has 10 heteroatoms. The van der Waals surface area contributed by atoms with E-state index in [1.807, 2.05) is 0 Å². The Morgan fingerprint density at radius 2 is 1.86 bits per heavy atom. The molecule has 1 amide bonds. The Labute approximate surface area is 167 Å². The van der Waals surface area contributed by atoms with Crippen LogP contribution in [0.25, 0.3) is 0 Å². The first-order valence-electron chi connectivity index (χ1n) is 7.96. The van der Waals surface area contributed by atoms with Gasteiger partial charge in [-0.15, -0.1) is 0 Å². The number of carbonyl (C=O) groups excluding carboxylic acids is 2. The number of ether oxygens (including phenoxy) is 2. The molecular formula is C18H16BrF3N2O4. The molecule has 0 radical (unpaired) electrons. The van der Waals surface area contributed by atoms with E-state index < -0.39 is 30.7 Å². The number of hydrogen-bond donors (Lipinski definition) is 1. The van der Waals surface area contributed by atoms with Crippen LogP contribution in [0.2, 0.25) is 0 Å². The molecule has 2 aromatic rings. The number of rotatable bonds is 7. The minimum atomic E-state index is -4.48. The number of benzene rings is 1. The molecule has 1 N–H and O–H groups in total. The van der Waals surface area contributed by atoms with Crippen molar-refractivity contribution >= 4 is 27.8 Å². The standard InChI is InChI=1S/C18H16BrF3N2O4/c1-27-16(25)8-14(11-2-5-13(19)6-3-11)24-17(26)12-4-7-15(23-9-12)28-10-18(20,21)22/h2-7,9,14H,8,10H2,1H3,(H,24,26). The Bertz CT molecular complexity index is 811. The first-order chi connectivity index (χ1) is 13.2. The van der Waals surface area contributed by atoms with E-state index in [0.29, 0.717) is 5.56 Å². The van der Waals surface area contributed by atoms with Gasteiger partial charge in [0.2, 0.25) is 5.88 Å². The molecule has 6 nitrogen and oxygen atoms in total. The first kappa shape index (κ1) is 21.7. The van der Waals surface area contributed by atoms with Crippen LogP contribution in [0.1, 0.15) is 28.4 Å². The van der Waals surface area contributed by atoms with Gasteiger partial charge in [-0.3, -0.25) is 9.59 Å². The average Bonchev–Trinajstić information content (AvgIpc) is 2.66. The highest BCUT2D eigenvalue weighted by Gasteiger charge is 2.28. The van der Waals surface area contributed by atoms with Crippen molar-refractivity contribution in [1.82, 2.24) is 10.3 Å². The number of methoxy groups -OCH3 is 1. The maximum atomic E-state index is 12.5. The van der Waals surface area contributed by atoms with Crippen molar-refractivity contribution in [3.63, 3.8) is 0 Å². The van der Waals surface area contributed by atoms with Crippen molar-refractivity contribution in [3.8, 4) is 5.88 Å². The Morgan fingerprint density at radius 1 is 1.18 bits per heavy atom. The van der Waals surface area contributed by atoms with Crippen molar-refractivity contribution in [2.24, 2.45) is 0 Å². The van der Waals surface area contributed by atoms with Gasteiger partial charge in [-0.05, 0) is 23.8 Å².